The lowest BCUT2D eigenvalue weighted by Gasteiger charge is -1.95. The van der Waals surface area contributed by atoms with Gasteiger partial charge in [0.05, 0.1) is 11.4 Å². The zero-order valence-electron chi connectivity index (χ0n) is 6.24. The molecular formula is C7H7ClN2O2. The third kappa shape index (κ3) is 2.84. The number of hydrogen-bond donors (Lipinski definition) is 0. The van der Waals surface area contributed by atoms with Gasteiger partial charge in [0.1, 0.15) is 0 Å². The summed E-state index contributed by atoms with van der Waals surface area (Å²) in [6, 6.07) is 3.36. The Morgan fingerprint density at radius 3 is 2.83 bits per heavy atom. The summed E-state index contributed by atoms with van der Waals surface area (Å²) in [5.41, 5.74) is 0.691. The molecule has 1 aromatic rings. The van der Waals surface area contributed by atoms with Crippen LogP contribution in [0.25, 0.3) is 0 Å². The van der Waals surface area contributed by atoms with Crippen molar-refractivity contribution in [3.63, 3.8) is 0 Å². The van der Waals surface area contributed by atoms with Gasteiger partial charge in [0.15, 0.2) is 0 Å². The fraction of sp³-hybridized carbons (Fsp3) is 0.286. The molecule has 0 aromatic carbocycles. The molecule has 1 heterocycles. The normalized spacial score (nSPS) is 9.75. The van der Waals surface area contributed by atoms with E-state index in [0.717, 1.165) is 0 Å². The highest BCUT2D eigenvalue weighted by Crippen LogP contribution is 2.06. The average Bonchev–Trinajstić information content (AvgIpc) is 2.03. The van der Waals surface area contributed by atoms with Gasteiger partial charge in [0.2, 0.25) is 6.54 Å². The quantitative estimate of drug-likeness (QED) is 0.532. The minimum Gasteiger partial charge on any atom is -0.265 e. The first kappa shape index (κ1) is 8.93. The fourth-order valence-electron chi connectivity index (χ4n) is 0.760. The molecule has 0 unspecified atom stereocenters. The van der Waals surface area contributed by atoms with Crippen LogP contribution in [0.1, 0.15) is 5.69 Å². The first-order chi connectivity index (χ1) is 5.68. The molecule has 0 bridgehead atoms. The van der Waals surface area contributed by atoms with E-state index in [1.165, 1.54) is 6.20 Å². The summed E-state index contributed by atoms with van der Waals surface area (Å²) >= 11 is 5.58. The Morgan fingerprint density at radius 1 is 1.58 bits per heavy atom. The van der Waals surface area contributed by atoms with E-state index < -0.39 is 0 Å². The topological polar surface area (TPSA) is 56.0 Å². The maximum absolute atomic E-state index is 9.99. The van der Waals surface area contributed by atoms with Crippen LogP contribution in [-0.4, -0.2) is 16.5 Å². The van der Waals surface area contributed by atoms with Gasteiger partial charge in [-0.05, 0) is 12.1 Å². The van der Waals surface area contributed by atoms with Crippen LogP contribution in [0.5, 0.6) is 0 Å². The Bertz CT molecular complexity index is 273. The highest BCUT2D eigenvalue weighted by atomic mass is 35.5. The van der Waals surface area contributed by atoms with E-state index in [0.29, 0.717) is 17.1 Å². The van der Waals surface area contributed by atoms with Gasteiger partial charge in [-0.2, -0.15) is 0 Å². The Balaban J connectivity index is 2.53. The van der Waals surface area contributed by atoms with Gasteiger partial charge in [-0.3, -0.25) is 15.1 Å². The van der Waals surface area contributed by atoms with E-state index in [1.54, 1.807) is 12.1 Å². The van der Waals surface area contributed by atoms with Crippen molar-refractivity contribution in [2.75, 3.05) is 6.54 Å². The third-order valence-electron chi connectivity index (χ3n) is 1.34. The smallest absolute Gasteiger partial charge is 0.209 e. The molecule has 5 heteroatoms. The SMILES string of the molecule is O=[N+]([O-])CCc1ccc(Cl)cn1. The largest absolute Gasteiger partial charge is 0.265 e. The highest BCUT2D eigenvalue weighted by molar-refractivity contribution is 6.30. The molecule has 4 nitrogen and oxygen atoms in total. The molecule has 1 aromatic heterocycles. The van der Waals surface area contributed by atoms with Gasteiger partial charge in [-0.25, -0.2) is 0 Å². The van der Waals surface area contributed by atoms with Crippen molar-refractivity contribution >= 4 is 11.6 Å². The van der Waals surface area contributed by atoms with Gasteiger partial charge < -0.3 is 0 Å². The van der Waals surface area contributed by atoms with E-state index in [2.05, 4.69) is 4.98 Å². The van der Waals surface area contributed by atoms with Crippen LogP contribution in [0, 0.1) is 10.1 Å². The molecule has 0 fully saturated rings. The van der Waals surface area contributed by atoms with E-state index in [-0.39, 0.29) is 11.5 Å². The predicted molar refractivity (Wildman–Crippen MR) is 44.8 cm³/mol. The zero-order valence-corrected chi connectivity index (χ0v) is 6.99. The van der Waals surface area contributed by atoms with Crippen molar-refractivity contribution in [2.45, 2.75) is 6.42 Å². The number of halogens is 1. The Morgan fingerprint density at radius 2 is 2.33 bits per heavy atom. The number of nitrogens with zero attached hydrogens (tertiary/aromatic N) is 2. The molecule has 1 rings (SSSR count). The number of hydrogen-bond acceptors (Lipinski definition) is 3. The number of rotatable bonds is 3. The summed E-state index contributed by atoms with van der Waals surface area (Å²) in [6.07, 6.45) is 1.83. The van der Waals surface area contributed by atoms with Crippen molar-refractivity contribution in [2.24, 2.45) is 0 Å². The molecule has 0 aliphatic heterocycles. The summed E-state index contributed by atoms with van der Waals surface area (Å²) in [6.45, 7) is -0.0887. The summed E-state index contributed by atoms with van der Waals surface area (Å²) in [4.78, 5) is 13.5. The number of aromatic nitrogens is 1. The standard InChI is InChI=1S/C7H7ClN2O2/c8-6-1-2-7(9-5-6)3-4-10(11)12/h1-2,5H,3-4H2. The molecule has 0 saturated carbocycles. The highest BCUT2D eigenvalue weighted by Gasteiger charge is 2.00. The third-order valence-corrected chi connectivity index (χ3v) is 1.56. The van der Waals surface area contributed by atoms with Crippen molar-refractivity contribution in [1.82, 2.24) is 4.98 Å². The minimum absolute atomic E-state index is 0.0887. The molecule has 0 saturated heterocycles. The Hall–Kier alpha value is -1.16. The first-order valence-electron chi connectivity index (χ1n) is 3.41. The lowest BCUT2D eigenvalue weighted by atomic mass is 10.3. The first-order valence-corrected chi connectivity index (χ1v) is 3.78. The van der Waals surface area contributed by atoms with Crippen LogP contribution in [0.15, 0.2) is 18.3 Å². The average molecular weight is 187 g/mol. The molecule has 0 aliphatic rings. The van der Waals surface area contributed by atoms with Crippen LogP contribution in [-0.2, 0) is 6.42 Å². The monoisotopic (exact) mass is 186 g/mol. The Kier molecular flexibility index (Phi) is 2.99. The number of pyridine rings is 1. The molecule has 0 atom stereocenters. The molecule has 0 spiro atoms. The second-order valence-electron chi connectivity index (χ2n) is 2.27. The minimum atomic E-state index is -0.365. The molecule has 0 aliphatic carbocycles. The van der Waals surface area contributed by atoms with E-state index in [4.69, 9.17) is 11.6 Å². The van der Waals surface area contributed by atoms with Crippen LogP contribution in [0.2, 0.25) is 5.02 Å². The molecule has 0 N–H and O–H groups in total. The molecule has 0 radical (unpaired) electrons. The van der Waals surface area contributed by atoms with Crippen LogP contribution < -0.4 is 0 Å². The lowest BCUT2D eigenvalue weighted by Crippen LogP contribution is -2.04. The van der Waals surface area contributed by atoms with Crippen LogP contribution in [0.4, 0.5) is 0 Å². The van der Waals surface area contributed by atoms with Crippen molar-refractivity contribution in [3.05, 3.63) is 39.2 Å². The van der Waals surface area contributed by atoms with Gasteiger partial charge in [0.25, 0.3) is 0 Å². The van der Waals surface area contributed by atoms with Crippen LogP contribution >= 0.6 is 11.6 Å². The molecule has 12 heavy (non-hydrogen) atoms. The second-order valence-corrected chi connectivity index (χ2v) is 2.71. The van der Waals surface area contributed by atoms with Crippen LogP contribution in [0.3, 0.4) is 0 Å². The second kappa shape index (κ2) is 4.01. The maximum Gasteiger partial charge on any atom is 0.209 e. The van der Waals surface area contributed by atoms with E-state index in [1.807, 2.05) is 0 Å². The van der Waals surface area contributed by atoms with Gasteiger partial charge in [0, 0.05) is 16.8 Å². The lowest BCUT2D eigenvalue weighted by molar-refractivity contribution is -0.479. The molecular weight excluding hydrogens is 180 g/mol. The van der Waals surface area contributed by atoms with E-state index >= 15 is 0 Å². The summed E-state index contributed by atoms with van der Waals surface area (Å²) < 4.78 is 0. The number of nitro groups is 1. The van der Waals surface area contributed by atoms with Crippen molar-refractivity contribution < 1.29 is 4.92 Å². The fourth-order valence-corrected chi connectivity index (χ4v) is 0.872. The van der Waals surface area contributed by atoms with Gasteiger partial charge in [-0.15, -0.1) is 0 Å². The molecule has 0 amide bonds. The summed E-state index contributed by atoms with van der Waals surface area (Å²) in [7, 11) is 0. The zero-order chi connectivity index (χ0) is 8.97. The molecule has 64 valence electrons. The van der Waals surface area contributed by atoms with Crippen molar-refractivity contribution in [1.29, 1.82) is 0 Å². The predicted octanol–water partition coefficient (Wildman–Crippen LogP) is 1.55. The van der Waals surface area contributed by atoms with Crippen molar-refractivity contribution in [3.8, 4) is 0 Å². The van der Waals surface area contributed by atoms with E-state index in [9.17, 15) is 10.1 Å². The Labute approximate surface area is 74.3 Å². The van der Waals surface area contributed by atoms with Gasteiger partial charge in [-0.1, -0.05) is 11.6 Å². The van der Waals surface area contributed by atoms with Gasteiger partial charge >= 0.3 is 0 Å². The summed E-state index contributed by atoms with van der Waals surface area (Å²) in [5.74, 6) is 0. The maximum atomic E-state index is 9.99. The summed E-state index contributed by atoms with van der Waals surface area (Å²) in [5, 5.41) is 10.5.